The zero-order valence-electron chi connectivity index (χ0n) is 13.7. The Morgan fingerprint density at radius 1 is 1.04 bits per heavy atom. The fourth-order valence-electron chi connectivity index (χ4n) is 3.54. The number of sulfonamides is 1. The van der Waals surface area contributed by atoms with Crippen LogP contribution < -0.4 is 0 Å². The lowest BCUT2D eigenvalue weighted by Crippen LogP contribution is -2.38. The summed E-state index contributed by atoms with van der Waals surface area (Å²) in [7, 11) is -3.59. The standard InChI is InChI=1S/C19H19ClN2O2S/c20-15-7-5-8-16(13-15)25(23,24)22-11-4-3-10-19(22)18-12-14-6-1-2-9-17(14)21-18/h1-2,5-9,12-13,19,21H,3-4,10-11H2. The highest BCUT2D eigenvalue weighted by molar-refractivity contribution is 7.89. The van der Waals surface area contributed by atoms with Crippen molar-refractivity contribution in [2.24, 2.45) is 0 Å². The maximum absolute atomic E-state index is 13.2. The lowest BCUT2D eigenvalue weighted by atomic mass is 10.0. The molecule has 0 bridgehead atoms. The molecule has 2 aromatic carbocycles. The molecule has 25 heavy (non-hydrogen) atoms. The van der Waals surface area contributed by atoms with Crippen molar-refractivity contribution in [1.82, 2.24) is 9.29 Å². The van der Waals surface area contributed by atoms with Crippen LogP contribution in [-0.2, 0) is 10.0 Å². The second kappa shape index (κ2) is 6.48. The van der Waals surface area contributed by atoms with Gasteiger partial charge in [0.2, 0.25) is 10.0 Å². The Labute approximate surface area is 152 Å². The highest BCUT2D eigenvalue weighted by Crippen LogP contribution is 2.36. The van der Waals surface area contributed by atoms with Crippen LogP contribution in [0.25, 0.3) is 10.9 Å². The highest BCUT2D eigenvalue weighted by atomic mass is 35.5. The maximum atomic E-state index is 13.2. The summed E-state index contributed by atoms with van der Waals surface area (Å²) < 4.78 is 28.0. The van der Waals surface area contributed by atoms with Crippen molar-refractivity contribution in [2.45, 2.75) is 30.2 Å². The first-order valence-corrected chi connectivity index (χ1v) is 10.2. The van der Waals surface area contributed by atoms with E-state index in [1.54, 1.807) is 22.5 Å². The van der Waals surface area contributed by atoms with Crippen molar-refractivity contribution in [2.75, 3.05) is 6.54 Å². The Hall–Kier alpha value is -1.82. The first-order chi connectivity index (χ1) is 12.1. The zero-order chi connectivity index (χ0) is 17.4. The van der Waals surface area contributed by atoms with Crippen LogP contribution in [0.3, 0.4) is 0 Å². The molecular weight excluding hydrogens is 356 g/mol. The molecule has 2 heterocycles. The van der Waals surface area contributed by atoms with E-state index in [2.05, 4.69) is 11.1 Å². The van der Waals surface area contributed by atoms with Gasteiger partial charge in [0.15, 0.2) is 0 Å². The fourth-order valence-corrected chi connectivity index (χ4v) is 5.52. The van der Waals surface area contributed by atoms with Crippen LogP contribution in [0.15, 0.2) is 59.5 Å². The summed E-state index contributed by atoms with van der Waals surface area (Å²) in [6, 6.07) is 16.4. The van der Waals surface area contributed by atoms with Gasteiger partial charge in [0, 0.05) is 22.8 Å². The molecule has 1 aromatic heterocycles. The van der Waals surface area contributed by atoms with Gasteiger partial charge in [-0.2, -0.15) is 4.31 Å². The quantitative estimate of drug-likeness (QED) is 0.720. The molecule has 0 saturated carbocycles. The van der Waals surface area contributed by atoms with Crippen molar-refractivity contribution in [3.63, 3.8) is 0 Å². The number of aromatic amines is 1. The molecule has 1 saturated heterocycles. The molecule has 0 aliphatic carbocycles. The first-order valence-electron chi connectivity index (χ1n) is 8.41. The Kier molecular flexibility index (Phi) is 4.31. The summed E-state index contributed by atoms with van der Waals surface area (Å²) in [5, 5.41) is 1.53. The number of fused-ring (bicyclic) bond motifs is 1. The van der Waals surface area contributed by atoms with E-state index in [4.69, 9.17) is 11.6 Å². The Bertz CT molecular complexity index is 980. The van der Waals surface area contributed by atoms with Crippen LogP contribution in [0.5, 0.6) is 0 Å². The van der Waals surface area contributed by atoms with Gasteiger partial charge in [0.25, 0.3) is 0 Å². The van der Waals surface area contributed by atoms with Crippen LogP contribution in [0.1, 0.15) is 31.0 Å². The number of benzene rings is 2. The number of piperidine rings is 1. The number of nitrogens with one attached hydrogen (secondary N) is 1. The number of hydrogen-bond acceptors (Lipinski definition) is 2. The first kappa shape index (κ1) is 16.6. The van der Waals surface area contributed by atoms with Crippen LogP contribution >= 0.6 is 11.6 Å². The minimum absolute atomic E-state index is 0.176. The average Bonchev–Trinajstić information content (AvgIpc) is 3.06. The minimum atomic E-state index is -3.59. The van der Waals surface area contributed by atoms with Gasteiger partial charge in [0.1, 0.15) is 0 Å². The van der Waals surface area contributed by atoms with Crippen molar-refractivity contribution in [3.8, 4) is 0 Å². The average molecular weight is 375 g/mol. The van der Waals surface area contributed by atoms with E-state index in [-0.39, 0.29) is 10.9 Å². The third-order valence-corrected chi connectivity index (χ3v) is 6.91. The molecule has 1 aliphatic heterocycles. The third kappa shape index (κ3) is 3.08. The van der Waals surface area contributed by atoms with Crippen molar-refractivity contribution in [3.05, 3.63) is 65.3 Å². The fraction of sp³-hybridized carbons (Fsp3) is 0.263. The molecule has 4 rings (SSSR count). The number of nitrogens with zero attached hydrogens (tertiary/aromatic N) is 1. The van der Waals surface area contributed by atoms with E-state index >= 15 is 0 Å². The molecule has 1 fully saturated rings. The van der Waals surface area contributed by atoms with E-state index < -0.39 is 10.0 Å². The highest BCUT2D eigenvalue weighted by Gasteiger charge is 2.35. The van der Waals surface area contributed by atoms with E-state index in [1.807, 2.05) is 24.3 Å². The van der Waals surface area contributed by atoms with Gasteiger partial charge in [0.05, 0.1) is 10.9 Å². The molecule has 3 aromatic rings. The third-order valence-electron chi connectivity index (χ3n) is 4.77. The van der Waals surface area contributed by atoms with Gasteiger partial charge in [-0.25, -0.2) is 8.42 Å². The number of rotatable bonds is 3. The molecule has 6 heteroatoms. The summed E-state index contributed by atoms with van der Waals surface area (Å²) in [6.07, 6.45) is 2.70. The predicted molar refractivity (Wildman–Crippen MR) is 100 cm³/mol. The number of para-hydroxylation sites is 1. The second-order valence-electron chi connectivity index (χ2n) is 6.40. The van der Waals surface area contributed by atoms with Crippen molar-refractivity contribution < 1.29 is 8.42 Å². The minimum Gasteiger partial charge on any atom is -0.357 e. The van der Waals surface area contributed by atoms with Gasteiger partial charge in [-0.05, 0) is 48.6 Å². The zero-order valence-corrected chi connectivity index (χ0v) is 15.2. The van der Waals surface area contributed by atoms with Gasteiger partial charge >= 0.3 is 0 Å². The smallest absolute Gasteiger partial charge is 0.243 e. The SMILES string of the molecule is O=S(=O)(c1cccc(Cl)c1)N1CCCCC1c1cc2ccccc2[nH]1. The van der Waals surface area contributed by atoms with E-state index in [9.17, 15) is 8.42 Å². The molecule has 1 aliphatic rings. The Balaban J connectivity index is 1.76. The summed E-state index contributed by atoms with van der Waals surface area (Å²) >= 11 is 6.01. The molecule has 0 amide bonds. The maximum Gasteiger partial charge on any atom is 0.243 e. The van der Waals surface area contributed by atoms with Crippen LogP contribution in [-0.4, -0.2) is 24.3 Å². The molecule has 1 atom stereocenters. The lowest BCUT2D eigenvalue weighted by Gasteiger charge is -2.34. The topological polar surface area (TPSA) is 53.2 Å². The summed E-state index contributed by atoms with van der Waals surface area (Å²) in [5.41, 5.74) is 1.98. The normalized spacial score (nSPS) is 19.3. The monoisotopic (exact) mass is 374 g/mol. The van der Waals surface area contributed by atoms with Gasteiger partial charge in [-0.1, -0.05) is 42.3 Å². The molecule has 1 unspecified atom stereocenters. The number of aromatic nitrogens is 1. The summed E-state index contributed by atoms with van der Waals surface area (Å²) in [6.45, 7) is 0.523. The lowest BCUT2D eigenvalue weighted by molar-refractivity contribution is 0.252. The van der Waals surface area contributed by atoms with Gasteiger partial charge in [-0.3, -0.25) is 0 Å². The summed E-state index contributed by atoms with van der Waals surface area (Å²) in [4.78, 5) is 3.65. The van der Waals surface area contributed by atoms with E-state index in [0.717, 1.165) is 35.9 Å². The van der Waals surface area contributed by atoms with E-state index in [1.165, 1.54) is 6.07 Å². The van der Waals surface area contributed by atoms with Crippen molar-refractivity contribution in [1.29, 1.82) is 0 Å². The molecule has 4 nitrogen and oxygen atoms in total. The number of H-pyrrole nitrogens is 1. The Morgan fingerprint density at radius 2 is 1.88 bits per heavy atom. The molecule has 1 N–H and O–H groups in total. The Morgan fingerprint density at radius 3 is 2.68 bits per heavy atom. The van der Waals surface area contributed by atoms with Crippen molar-refractivity contribution >= 4 is 32.5 Å². The molecule has 0 spiro atoms. The number of hydrogen-bond donors (Lipinski definition) is 1. The predicted octanol–water partition coefficient (Wildman–Crippen LogP) is 4.74. The number of halogens is 1. The van der Waals surface area contributed by atoms with Crippen LogP contribution in [0.4, 0.5) is 0 Å². The summed E-state index contributed by atoms with van der Waals surface area (Å²) in [5.74, 6) is 0. The van der Waals surface area contributed by atoms with Gasteiger partial charge < -0.3 is 4.98 Å². The van der Waals surface area contributed by atoms with E-state index in [0.29, 0.717) is 11.6 Å². The van der Waals surface area contributed by atoms with Crippen LogP contribution in [0, 0.1) is 0 Å². The molecule has 0 radical (unpaired) electrons. The van der Waals surface area contributed by atoms with Gasteiger partial charge in [-0.15, -0.1) is 0 Å². The largest absolute Gasteiger partial charge is 0.357 e. The van der Waals surface area contributed by atoms with Crippen LogP contribution in [0.2, 0.25) is 5.02 Å². The molecular formula is C19H19ClN2O2S. The second-order valence-corrected chi connectivity index (χ2v) is 8.72. The molecule has 130 valence electrons.